The highest BCUT2D eigenvalue weighted by Gasteiger charge is 2.15. The third kappa shape index (κ3) is 4.31. The van der Waals surface area contributed by atoms with Crippen molar-refractivity contribution in [3.8, 4) is 0 Å². The van der Waals surface area contributed by atoms with E-state index < -0.39 is 0 Å². The van der Waals surface area contributed by atoms with Crippen LogP contribution in [-0.4, -0.2) is 35.4 Å². The van der Waals surface area contributed by atoms with Crippen LogP contribution in [0, 0.1) is 6.92 Å². The number of likely N-dealkylation sites (tertiary alicyclic amines) is 1. The lowest BCUT2D eigenvalue weighted by atomic mass is 10.1. The first-order valence-corrected chi connectivity index (χ1v) is 7.16. The molecule has 4 heteroatoms. The Morgan fingerprint density at radius 2 is 2.16 bits per heavy atom. The Balaban J connectivity index is 1.66. The second kappa shape index (κ2) is 7.24. The van der Waals surface area contributed by atoms with Crippen LogP contribution in [0.5, 0.6) is 0 Å². The molecule has 0 spiro atoms. The van der Waals surface area contributed by atoms with Crippen molar-refractivity contribution in [1.29, 1.82) is 0 Å². The van der Waals surface area contributed by atoms with E-state index in [0.29, 0.717) is 6.42 Å². The minimum absolute atomic E-state index is 0.282. The van der Waals surface area contributed by atoms with E-state index in [-0.39, 0.29) is 5.91 Å². The topological polar surface area (TPSA) is 45.2 Å². The van der Waals surface area contributed by atoms with Crippen molar-refractivity contribution >= 4 is 5.91 Å². The van der Waals surface area contributed by atoms with Gasteiger partial charge in [0.1, 0.15) is 0 Å². The van der Waals surface area contributed by atoms with Gasteiger partial charge in [0.25, 0.3) is 0 Å². The molecule has 1 fully saturated rings. The largest absolute Gasteiger partial charge is 0.343 e. The monoisotopic (exact) mass is 261 g/mol. The highest BCUT2D eigenvalue weighted by molar-refractivity contribution is 5.76. The molecule has 0 unspecified atom stereocenters. The summed E-state index contributed by atoms with van der Waals surface area (Å²) in [6.07, 6.45) is 5.98. The molecule has 1 aromatic rings. The minimum atomic E-state index is 0.282. The van der Waals surface area contributed by atoms with Crippen LogP contribution in [0.1, 0.15) is 36.9 Å². The number of hydrogen-bond acceptors (Lipinski definition) is 3. The van der Waals surface area contributed by atoms with Crippen molar-refractivity contribution in [3.63, 3.8) is 0 Å². The maximum atomic E-state index is 11.9. The molecule has 1 amide bonds. The molecule has 0 radical (unpaired) electrons. The predicted octanol–water partition coefficient (Wildman–Crippen LogP) is 1.88. The summed E-state index contributed by atoms with van der Waals surface area (Å²) in [5.74, 6) is 0.282. The molecule has 0 bridgehead atoms. The van der Waals surface area contributed by atoms with Gasteiger partial charge in [-0.3, -0.25) is 9.78 Å². The van der Waals surface area contributed by atoms with Gasteiger partial charge in [-0.1, -0.05) is 6.07 Å². The molecular formula is C15H23N3O. The molecule has 0 aliphatic carbocycles. The van der Waals surface area contributed by atoms with Crippen molar-refractivity contribution in [2.24, 2.45) is 0 Å². The molecule has 0 atom stereocenters. The molecule has 1 aromatic heterocycles. The van der Waals surface area contributed by atoms with Crippen molar-refractivity contribution in [2.45, 2.75) is 39.2 Å². The number of amides is 1. The molecule has 4 nitrogen and oxygen atoms in total. The van der Waals surface area contributed by atoms with Crippen LogP contribution in [-0.2, 0) is 11.3 Å². The number of aromatic nitrogens is 1. The summed E-state index contributed by atoms with van der Waals surface area (Å²) >= 11 is 0. The first kappa shape index (κ1) is 14.0. The molecule has 19 heavy (non-hydrogen) atoms. The van der Waals surface area contributed by atoms with Crippen LogP contribution < -0.4 is 5.32 Å². The van der Waals surface area contributed by atoms with E-state index >= 15 is 0 Å². The molecule has 0 saturated carbocycles. The summed E-state index contributed by atoms with van der Waals surface area (Å²) in [5.41, 5.74) is 2.25. The Morgan fingerprint density at radius 3 is 2.89 bits per heavy atom. The third-order valence-electron chi connectivity index (χ3n) is 3.63. The summed E-state index contributed by atoms with van der Waals surface area (Å²) < 4.78 is 0. The number of nitrogens with zero attached hydrogens (tertiary/aromatic N) is 2. The van der Waals surface area contributed by atoms with Gasteiger partial charge in [0.05, 0.1) is 5.69 Å². The lowest BCUT2D eigenvalue weighted by Gasteiger charge is -2.26. The molecule has 2 heterocycles. The van der Waals surface area contributed by atoms with E-state index in [9.17, 15) is 4.79 Å². The van der Waals surface area contributed by atoms with Gasteiger partial charge in [-0.05, 0) is 37.8 Å². The van der Waals surface area contributed by atoms with Gasteiger partial charge in [-0.25, -0.2) is 0 Å². The Hall–Kier alpha value is -1.42. The van der Waals surface area contributed by atoms with Gasteiger partial charge >= 0.3 is 0 Å². The number of rotatable bonds is 5. The second-order valence-electron chi connectivity index (χ2n) is 5.14. The fourth-order valence-corrected chi connectivity index (χ4v) is 2.41. The summed E-state index contributed by atoms with van der Waals surface area (Å²) in [6, 6.07) is 4.00. The van der Waals surface area contributed by atoms with Gasteiger partial charge < -0.3 is 10.2 Å². The van der Waals surface area contributed by atoms with Crippen molar-refractivity contribution in [2.75, 3.05) is 19.6 Å². The van der Waals surface area contributed by atoms with E-state index in [2.05, 4.69) is 23.3 Å². The van der Waals surface area contributed by atoms with E-state index in [0.717, 1.165) is 44.7 Å². The van der Waals surface area contributed by atoms with Crippen LogP contribution in [0.15, 0.2) is 18.3 Å². The summed E-state index contributed by atoms with van der Waals surface area (Å²) in [7, 11) is 0. The van der Waals surface area contributed by atoms with Gasteiger partial charge in [0.15, 0.2) is 0 Å². The average molecular weight is 261 g/mol. The zero-order chi connectivity index (χ0) is 13.5. The highest BCUT2D eigenvalue weighted by Crippen LogP contribution is 2.09. The van der Waals surface area contributed by atoms with E-state index in [1.807, 2.05) is 17.2 Å². The normalized spacial score (nSPS) is 15.5. The quantitative estimate of drug-likeness (QED) is 0.823. The lowest BCUT2D eigenvalue weighted by Crippen LogP contribution is -2.37. The average Bonchev–Trinajstić information content (AvgIpc) is 2.46. The van der Waals surface area contributed by atoms with Gasteiger partial charge in [-0.15, -0.1) is 0 Å². The molecular weight excluding hydrogens is 238 g/mol. The number of carbonyl (C=O) groups is 1. The van der Waals surface area contributed by atoms with Crippen LogP contribution in [0.25, 0.3) is 0 Å². The summed E-state index contributed by atoms with van der Waals surface area (Å²) in [6.45, 7) is 5.41. The fourth-order valence-electron chi connectivity index (χ4n) is 2.41. The number of nitrogens with one attached hydrogen (secondary N) is 1. The standard InChI is InChI=1S/C15H23N3O/c1-13-6-5-8-17-14(13)12-16-9-7-15(19)18-10-3-2-4-11-18/h5-6,8,16H,2-4,7,9-12H2,1H3. The Bertz CT molecular complexity index is 414. The van der Waals surface area contributed by atoms with E-state index in [1.54, 1.807) is 0 Å². The fraction of sp³-hybridized carbons (Fsp3) is 0.600. The van der Waals surface area contributed by atoms with Crippen molar-refractivity contribution in [1.82, 2.24) is 15.2 Å². The number of hydrogen-bond donors (Lipinski definition) is 1. The molecule has 1 saturated heterocycles. The SMILES string of the molecule is Cc1cccnc1CNCCC(=O)N1CCCCC1. The molecule has 1 aliphatic rings. The number of piperidine rings is 1. The predicted molar refractivity (Wildman–Crippen MR) is 75.7 cm³/mol. The molecule has 104 valence electrons. The van der Waals surface area contributed by atoms with Crippen LogP contribution in [0.3, 0.4) is 0 Å². The molecule has 1 aliphatic heterocycles. The number of pyridine rings is 1. The third-order valence-corrected chi connectivity index (χ3v) is 3.63. The van der Waals surface area contributed by atoms with E-state index in [4.69, 9.17) is 0 Å². The zero-order valence-electron chi connectivity index (χ0n) is 11.7. The maximum absolute atomic E-state index is 11.9. The first-order valence-electron chi connectivity index (χ1n) is 7.16. The summed E-state index contributed by atoms with van der Waals surface area (Å²) in [5, 5.41) is 3.30. The van der Waals surface area contributed by atoms with E-state index in [1.165, 1.54) is 12.0 Å². The van der Waals surface area contributed by atoms with Crippen molar-refractivity contribution < 1.29 is 4.79 Å². The van der Waals surface area contributed by atoms with Gasteiger partial charge in [0.2, 0.25) is 5.91 Å². The lowest BCUT2D eigenvalue weighted by molar-refractivity contribution is -0.131. The van der Waals surface area contributed by atoms with Gasteiger partial charge in [0, 0.05) is 38.8 Å². The van der Waals surface area contributed by atoms with Crippen LogP contribution >= 0.6 is 0 Å². The molecule has 0 aromatic carbocycles. The smallest absolute Gasteiger partial charge is 0.223 e. The van der Waals surface area contributed by atoms with Crippen molar-refractivity contribution in [3.05, 3.63) is 29.6 Å². The van der Waals surface area contributed by atoms with Crippen LogP contribution in [0.4, 0.5) is 0 Å². The summed E-state index contributed by atoms with van der Waals surface area (Å²) in [4.78, 5) is 18.3. The Labute approximate surface area is 115 Å². The zero-order valence-corrected chi connectivity index (χ0v) is 11.7. The molecule has 1 N–H and O–H groups in total. The first-order chi connectivity index (χ1) is 9.27. The minimum Gasteiger partial charge on any atom is -0.343 e. The maximum Gasteiger partial charge on any atom is 0.223 e. The number of aryl methyl sites for hydroxylation is 1. The highest BCUT2D eigenvalue weighted by atomic mass is 16.2. The van der Waals surface area contributed by atoms with Crippen LogP contribution in [0.2, 0.25) is 0 Å². The van der Waals surface area contributed by atoms with Gasteiger partial charge in [-0.2, -0.15) is 0 Å². The Morgan fingerprint density at radius 1 is 1.37 bits per heavy atom. The Kier molecular flexibility index (Phi) is 5.33. The second-order valence-corrected chi connectivity index (χ2v) is 5.14. The molecule has 2 rings (SSSR count). The number of carbonyl (C=O) groups excluding carboxylic acids is 1.